The summed E-state index contributed by atoms with van der Waals surface area (Å²) < 4.78 is 47.4. The molecule has 0 bridgehead atoms. The first-order chi connectivity index (χ1) is 15.6. The molecule has 0 spiro atoms. The molecular weight excluding hydrogens is 436 g/mol. The third-order valence-corrected chi connectivity index (χ3v) is 6.91. The summed E-state index contributed by atoms with van der Waals surface area (Å²) in [6, 6.07) is 16.2. The van der Waals surface area contributed by atoms with Gasteiger partial charge in [-0.15, -0.1) is 0 Å². The van der Waals surface area contributed by atoms with Gasteiger partial charge in [0, 0.05) is 0 Å². The molecule has 0 amide bonds. The van der Waals surface area contributed by atoms with E-state index in [0.29, 0.717) is 5.75 Å². The van der Waals surface area contributed by atoms with E-state index in [1.54, 1.807) is 24.3 Å². The zero-order valence-corrected chi connectivity index (χ0v) is 17.4. The maximum Gasteiger partial charge on any atom is 0.341 e. The number of aromatic nitrogens is 4. The maximum atomic E-state index is 12.9. The lowest BCUT2D eigenvalue weighted by Gasteiger charge is -2.18. The van der Waals surface area contributed by atoms with E-state index in [9.17, 15) is 13.7 Å². The van der Waals surface area contributed by atoms with E-state index in [1.165, 1.54) is 16.8 Å². The van der Waals surface area contributed by atoms with Gasteiger partial charge in [-0.1, -0.05) is 35.4 Å². The zero-order valence-electron chi connectivity index (χ0n) is 16.6. The minimum atomic E-state index is -3.95. The summed E-state index contributed by atoms with van der Waals surface area (Å²) in [4.78, 5) is -0.0838. The fourth-order valence-electron chi connectivity index (χ4n) is 3.90. The molecule has 3 aromatic rings. The van der Waals surface area contributed by atoms with Gasteiger partial charge in [0.05, 0.1) is 29.7 Å². The Bertz CT molecular complexity index is 1260. The third kappa shape index (κ3) is 3.71. The van der Waals surface area contributed by atoms with Crippen molar-refractivity contribution in [2.75, 3.05) is 13.2 Å². The van der Waals surface area contributed by atoms with Crippen LogP contribution < -0.4 is 9.46 Å². The summed E-state index contributed by atoms with van der Waals surface area (Å²) >= 11 is 0. The number of nitriles is 1. The predicted molar refractivity (Wildman–Crippen MR) is 108 cm³/mol. The molecular formula is C20H18N6O5S. The van der Waals surface area contributed by atoms with Crippen LogP contribution in [-0.4, -0.2) is 60.1 Å². The van der Waals surface area contributed by atoms with E-state index in [0.717, 1.165) is 0 Å². The lowest BCUT2D eigenvalue weighted by Crippen LogP contribution is -2.44. The van der Waals surface area contributed by atoms with Gasteiger partial charge in [0.25, 0.3) is 0 Å². The third-order valence-electron chi connectivity index (χ3n) is 5.36. The number of nitrogens with one attached hydrogen (secondary N) is 1. The molecule has 1 aromatic heterocycles. The van der Waals surface area contributed by atoms with Crippen LogP contribution in [0.15, 0.2) is 59.5 Å². The number of sulfonamides is 1. The van der Waals surface area contributed by atoms with Crippen LogP contribution in [0.25, 0.3) is 0 Å². The van der Waals surface area contributed by atoms with Crippen LogP contribution >= 0.6 is 0 Å². The minimum Gasteiger partial charge on any atom is -0.423 e. The highest BCUT2D eigenvalue weighted by molar-refractivity contribution is 7.89. The van der Waals surface area contributed by atoms with Crippen molar-refractivity contribution in [3.63, 3.8) is 0 Å². The summed E-state index contributed by atoms with van der Waals surface area (Å²) in [5.74, 6) is 0.577. The highest BCUT2D eigenvalue weighted by Crippen LogP contribution is 2.36. The van der Waals surface area contributed by atoms with Crippen LogP contribution in [-0.2, 0) is 19.5 Å². The topological polar surface area (TPSA) is 141 Å². The molecule has 1 N–H and O–H groups in total. The average Bonchev–Trinajstić information content (AvgIpc) is 3.52. The fraction of sp³-hybridized carbons (Fsp3) is 0.300. The summed E-state index contributed by atoms with van der Waals surface area (Å²) in [5.41, 5.74) is 0.0667. The second-order valence-corrected chi connectivity index (χ2v) is 9.00. The quantitative estimate of drug-likeness (QED) is 0.578. The van der Waals surface area contributed by atoms with E-state index in [1.807, 2.05) is 24.3 Å². The highest BCUT2D eigenvalue weighted by Gasteiger charge is 2.51. The molecule has 11 nitrogen and oxygen atoms in total. The van der Waals surface area contributed by atoms with Gasteiger partial charge in [-0.05, 0) is 34.7 Å². The summed E-state index contributed by atoms with van der Waals surface area (Å²) in [5, 5.41) is 20.9. The van der Waals surface area contributed by atoms with Crippen molar-refractivity contribution in [3.8, 4) is 17.8 Å². The Morgan fingerprint density at radius 2 is 1.81 bits per heavy atom. The van der Waals surface area contributed by atoms with Crippen molar-refractivity contribution in [2.24, 2.45) is 0 Å². The number of rotatable bonds is 6. The van der Waals surface area contributed by atoms with Crippen LogP contribution in [0.4, 0.5) is 0 Å². The van der Waals surface area contributed by atoms with Crippen molar-refractivity contribution in [3.05, 3.63) is 60.2 Å². The van der Waals surface area contributed by atoms with Crippen molar-refractivity contribution < 1.29 is 22.6 Å². The Balaban J connectivity index is 1.33. The summed E-state index contributed by atoms with van der Waals surface area (Å²) in [7, 11) is -3.95. The van der Waals surface area contributed by atoms with Gasteiger partial charge < -0.3 is 14.2 Å². The number of para-hydroxylation sites is 1. The van der Waals surface area contributed by atoms with Gasteiger partial charge in [0.2, 0.25) is 10.0 Å². The van der Waals surface area contributed by atoms with E-state index in [-0.39, 0.29) is 29.7 Å². The number of ether oxygens (including phenoxy) is 3. The van der Waals surface area contributed by atoms with E-state index < -0.39 is 34.3 Å². The number of benzene rings is 2. The molecule has 2 saturated heterocycles. The Hall–Kier alpha value is -3.37. The van der Waals surface area contributed by atoms with Gasteiger partial charge in [-0.3, -0.25) is 0 Å². The smallest absolute Gasteiger partial charge is 0.341 e. The number of hydrogen-bond donors (Lipinski definition) is 1. The molecule has 2 fully saturated rings. The monoisotopic (exact) mass is 454 g/mol. The molecule has 5 rings (SSSR count). The second kappa shape index (κ2) is 8.29. The number of fused-ring (bicyclic) bond motifs is 1. The van der Waals surface area contributed by atoms with Gasteiger partial charge in [-0.2, -0.15) is 9.94 Å². The Morgan fingerprint density at radius 3 is 2.62 bits per heavy atom. The molecule has 4 unspecified atom stereocenters. The standard InChI is InChI=1S/C20H18N6O5S/c21-10-13-6-4-5-9-17(13)32(27,28)23-15-11-29-19-16(12-30-18(15)19)26-20(22-24-25-26)31-14-7-2-1-3-8-14/h1-9,15-16,18-19,23H,11-12H2. The molecule has 2 aliphatic heterocycles. The first-order valence-corrected chi connectivity index (χ1v) is 11.3. The van der Waals surface area contributed by atoms with Gasteiger partial charge >= 0.3 is 6.01 Å². The molecule has 4 atom stereocenters. The Kier molecular flexibility index (Phi) is 5.32. The first kappa shape index (κ1) is 20.5. The van der Waals surface area contributed by atoms with Crippen LogP contribution in [0.5, 0.6) is 11.8 Å². The Labute approximate surface area is 183 Å². The van der Waals surface area contributed by atoms with E-state index >= 15 is 0 Å². The fourth-order valence-corrected chi connectivity index (χ4v) is 5.29. The Morgan fingerprint density at radius 1 is 1.06 bits per heavy atom. The van der Waals surface area contributed by atoms with Gasteiger partial charge in [-0.25, -0.2) is 13.1 Å². The second-order valence-electron chi connectivity index (χ2n) is 7.32. The number of hydrogen-bond acceptors (Lipinski definition) is 9. The van der Waals surface area contributed by atoms with Gasteiger partial charge in [0.15, 0.2) is 0 Å². The van der Waals surface area contributed by atoms with Crippen molar-refractivity contribution >= 4 is 10.0 Å². The lowest BCUT2D eigenvalue weighted by atomic mass is 10.1. The zero-order chi connectivity index (χ0) is 22.1. The predicted octanol–water partition coefficient (Wildman–Crippen LogP) is 1.02. The molecule has 12 heteroatoms. The average molecular weight is 454 g/mol. The molecule has 3 heterocycles. The van der Waals surface area contributed by atoms with E-state index in [2.05, 4.69) is 20.2 Å². The number of tetrazole rings is 1. The van der Waals surface area contributed by atoms with Crippen molar-refractivity contribution in [2.45, 2.75) is 29.2 Å². The van der Waals surface area contributed by atoms with Crippen LogP contribution in [0, 0.1) is 11.3 Å². The molecule has 2 aliphatic rings. The first-order valence-electron chi connectivity index (χ1n) is 9.82. The van der Waals surface area contributed by atoms with Crippen LogP contribution in [0.2, 0.25) is 0 Å². The van der Waals surface area contributed by atoms with E-state index in [4.69, 9.17) is 14.2 Å². The maximum absolute atomic E-state index is 12.9. The van der Waals surface area contributed by atoms with Gasteiger partial charge in [0.1, 0.15) is 30.1 Å². The molecule has 0 aliphatic carbocycles. The number of nitrogens with zero attached hydrogens (tertiary/aromatic N) is 5. The normalized spacial score (nSPS) is 24.7. The van der Waals surface area contributed by atoms with Crippen LogP contribution in [0.3, 0.4) is 0 Å². The lowest BCUT2D eigenvalue weighted by molar-refractivity contribution is 0.0615. The molecule has 0 saturated carbocycles. The molecule has 164 valence electrons. The largest absolute Gasteiger partial charge is 0.423 e. The minimum absolute atomic E-state index is 0.0667. The SMILES string of the molecule is N#Cc1ccccc1S(=O)(=O)NC1COC2C1OCC2n1nnnc1Oc1ccccc1. The molecule has 0 radical (unpaired) electrons. The molecule has 32 heavy (non-hydrogen) atoms. The van der Waals surface area contributed by atoms with Crippen molar-refractivity contribution in [1.29, 1.82) is 5.26 Å². The summed E-state index contributed by atoms with van der Waals surface area (Å²) in [6.07, 6.45) is -1.02. The van der Waals surface area contributed by atoms with Crippen molar-refractivity contribution in [1.82, 2.24) is 24.9 Å². The van der Waals surface area contributed by atoms with Crippen LogP contribution in [0.1, 0.15) is 11.6 Å². The summed E-state index contributed by atoms with van der Waals surface area (Å²) in [6.45, 7) is 0.329. The highest BCUT2D eigenvalue weighted by atomic mass is 32.2. The molecule has 2 aromatic carbocycles.